The van der Waals surface area contributed by atoms with E-state index in [0.29, 0.717) is 13.2 Å². The lowest BCUT2D eigenvalue weighted by atomic mass is 10.0. The molecule has 0 fully saturated rings. The molecule has 2 rings (SSSR count). The molecule has 1 aromatic rings. The molecule has 1 aliphatic heterocycles. The standard InChI is InChI=1S/C15H20O2/c1-12-8-15(17-9-13(12)2)11-16-10-14-6-4-3-5-7-14/h3-7,15H,8-11H2,1-2H3. The van der Waals surface area contributed by atoms with Crippen LogP contribution < -0.4 is 0 Å². The summed E-state index contributed by atoms with van der Waals surface area (Å²) < 4.78 is 11.4. The van der Waals surface area contributed by atoms with Crippen LogP contribution in [0.1, 0.15) is 25.8 Å². The third-order valence-electron chi connectivity index (χ3n) is 3.21. The second kappa shape index (κ2) is 5.99. The van der Waals surface area contributed by atoms with E-state index < -0.39 is 0 Å². The number of hydrogen-bond donors (Lipinski definition) is 0. The molecule has 2 nitrogen and oxygen atoms in total. The van der Waals surface area contributed by atoms with E-state index in [2.05, 4.69) is 26.0 Å². The van der Waals surface area contributed by atoms with Crippen molar-refractivity contribution in [2.75, 3.05) is 13.2 Å². The van der Waals surface area contributed by atoms with Crippen LogP contribution in [0.5, 0.6) is 0 Å². The molecule has 0 aliphatic carbocycles. The molecule has 0 aromatic heterocycles. The number of hydrogen-bond acceptors (Lipinski definition) is 2. The Morgan fingerprint density at radius 3 is 2.65 bits per heavy atom. The Morgan fingerprint density at radius 2 is 1.94 bits per heavy atom. The molecule has 0 saturated carbocycles. The summed E-state index contributed by atoms with van der Waals surface area (Å²) >= 11 is 0. The van der Waals surface area contributed by atoms with Gasteiger partial charge < -0.3 is 9.47 Å². The molecule has 17 heavy (non-hydrogen) atoms. The maximum atomic E-state index is 5.72. The van der Waals surface area contributed by atoms with Gasteiger partial charge in [0.05, 0.1) is 25.9 Å². The molecular weight excluding hydrogens is 212 g/mol. The van der Waals surface area contributed by atoms with E-state index in [0.717, 1.165) is 13.0 Å². The Morgan fingerprint density at radius 1 is 1.18 bits per heavy atom. The van der Waals surface area contributed by atoms with Gasteiger partial charge in [-0.2, -0.15) is 0 Å². The smallest absolute Gasteiger partial charge is 0.0850 e. The molecular formula is C15H20O2. The monoisotopic (exact) mass is 232 g/mol. The fourth-order valence-electron chi connectivity index (χ4n) is 1.93. The summed E-state index contributed by atoms with van der Waals surface area (Å²) in [6.45, 7) is 6.42. The van der Waals surface area contributed by atoms with Gasteiger partial charge in [-0.15, -0.1) is 0 Å². The van der Waals surface area contributed by atoms with Crippen molar-refractivity contribution in [1.82, 2.24) is 0 Å². The lowest BCUT2D eigenvalue weighted by molar-refractivity contribution is -0.0195. The Balaban J connectivity index is 1.73. The fourth-order valence-corrected chi connectivity index (χ4v) is 1.93. The Bertz CT molecular complexity index is 381. The fraction of sp³-hybridized carbons (Fsp3) is 0.467. The lowest BCUT2D eigenvalue weighted by Gasteiger charge is -2.24. The molecule has 0 N–H and O–H groups in total. The molecule has 92 valence electrons. The summed E-state index contributed by atoms with van der Waals surface area (Å²) in [7, 11) is 0. The first kappa shape index (κ1) is 12.3. The first-order chi connectivity index (χ1) is 8.25. The van der Waals surface area contributed by atoms with E-state index >= 15 is 0 Å². The molecule has 0 amide bonds. The zero-order chi connectivity index (χ0) is 12.1. The summed E-state index contributed by atoms with van der Waals surface area (Å²) in [4.78, 5) is 0. The van der Waals surface area contributed by atoms with Gasteiger partial charge in [-0.1, -0.05) is 35.9 Å². The molecule has 1 aromatic carbocycles. The zero-order valence-corrected chi connectivity index (χ0v) is 10.6. The van der Waals surface area contributed by atoms with E-state index in [4.69, 9.17) is 9.47 Å². The third kappa shape index (κ3) is 3.69. The van der Waals surface area contributed by atoms with Gasteiger partial charge in [-0.3, -0.25) is 0 Å². The second-order valence-corrected chi connectivity index (χ2v) is 4.70. The highest BCUT2D eigenvalue weighted by Crippen LogP contribution is 2.20. The van der Waals surface area contributed by atoms with Crippen molar-refractivity contribution in [1.29, 1.82) is 0 Å². The minimum Gasteiger partial charge on any atom is -0.374 e. The van der Waals surface area contributed by atoms with Crippen molar-refractivity contribution >= 4 is 0 Å². The van der Waals surface area contributed by atoms with Gasteiger partial charge >= 0.3 is 0 Å². The van der Waals surface area contributed by atoms with Crippen molar-refractivity contribution in [2.45, 2.75) is 33.0 Å². The van der Waals surface area contributed by atoms with E-state index in [9.17, 15) is 0 Å². The average molecular weight is 232 g/mol. The minimum atomic E-state index is 0.224. The zero-order valence-electron chi connectivity index (χ0n) is 10.6. The van der Waals surface area contributed by atoms with Gasteiger partial charge in [0.1, 0.15) is 0 Å². The van der Waals surface area contributed by atoms with E-state index in [-0.39, 0.29) is 6.10 Å². The predicted molar refractivity (Wildman–Crippen MR) is 68.8 cm³/mol. The molecule has 2 heteroatoms. The molecule has 0 bridgehead atoms. The summed E-state index contributed by atoms with van der Waals surface area (Å²) in [6, 6.07) is 10.2. The summed E-state index contributed by atoms with van der Waals surface area (Å²) in [5.41, 5.74) is 4.03. The van der Waals surface area contributed by atoms with Crippen molar-refractivity contribution in [3.05, 3.63) is 47.0 Å². The SMILES string of the molecule is CC1=C(C)CC(COCc2ccccc2)OC1. The van der Waals surface area contributed by atoms with Crippen LogP contribution in [0.4, 0.5) is 0 Å². The van der Waals surface area contributed by atoms with Crippen LogP contribution in [0.25, 0.3) is 0 Å². The van der Waals surface area contributed by atoms with Crippen LogP contribution in [0.2, 0.25) is 0 Å². The van der Waals surface area contributed by atoms with Crippen LogP contribution in [0.3, 0.4) is 0 Å². The first-order valence-electron chi connectivity index (χ1n) is 6.14. The van der Waals surface area contributed by atoms with Gasteiger partial charge in [0.25, 0.3) is 0 Å². The highest BCUT2D eigenvalue weighted by Gasteiger charge is 2.16. The summed E-state index contributed by atoms with van der Waals surface area (Å²) in [5, 5.41) is 0. The highest BCUT2D eigenvalue weighted by molar-refractivity contribution is 5.14. The predicted octanol–water partition coefficient (Wildman–Crippen LogP) is 3.33. The number of rotatable bonds is 4. The Labute approximate surface area is 103 Å². The average Bonchev–Trinajstić information content (AvgIpc) is 2.35. The highest BCUT2D eigenvalue weighted by atomic mass is 16.5. The Kier molecular flexibility index (Phi) is 4.35. The van der Waals surface area contributed by atoms with Crippen molar-refractivity contribution in [3.8, 4) is 0 Å². The normalized spacial score (nSPS) is 20.7. The van der Waals surface area contributed by atoms with Gasteiger partial charge in [0.2, 0.25) is 0 Å². The van der Waals surface area contributed by atoms with Crippen molar-refractivity contribution < 1.29 is 9.47 Å². The van der Waals surface area contributed by atoms with Crippen LogP contribution >= 0.6 is 0 Å². The van der Waals surface area contributed by atoms with Crippen molar-refractivity contribution in [3.63, 3.8) is 0 Å². The number of ether oxygens (including phenoxy) is 2. The molecule has 0 radical (unpaired) electrons. The maximum absolute atomic E-state index is 5.72. The van der Waals surface area contributed by atoms with Crippen LogP contribution in [-0.4, -0.2) is 19.3 Å². The van der Waals surface area contributed by atoms with Crippen LogP contribution in [-0.2, 0) is 16.1 Å². The summed E-state index contributed by atoms with van der Waals surface area (Å²) in [5.74, 6) is 0. The second-order valence-electron chi connectivity index (χ2n) is 4.70. The molecule has 1 atom stereocenters. The molecule has 0 saturated heterocycles. The van der Waals surface area contributed by atoms with Crippen molar-refractivity contribution in [2.24, 2.45) is 0 Å². The first-order valence-corrected chi connectivity index (χ1v) is 6.14. The van der Waals surface area contributed by atoms with Gasteiger partial charge in [0.15, 0.2) is 0 Å². The topological polar surface area (TPSA) is 18.5 Å². The minimum absolute atomic E-state index is 0.224. The van der Waals surface area contributed by atoms with Gasteiger partial charge in [-0.25, -0.2) is 0 Å². The Hall–Kier alpha value is -1.12. The van der Waals surface area contributed by atoms with E-state index in [1.54, 1.807) is 0 Å². The van der Waals surface area contributed by atoms with Crippen LogP contribution in [0.15, 0.2) is 41.5 Å². The molecule has 0 spiro atoms. The molecule has 1 aliphatic rings. The maximum Gasteiger partial charge on any atom is 0.0850 e. The largest absolute Gasteiger partial charge is 0.374 e. The van der Waals surface area contributed by atoms with Gasteiger partial charge in [-0.05, 0) is 31.4 Å². The van der Waals surface area contributed by atoms with Crippen LogP contribution in [0, 0.1) is 0 Å². The van der Waals surface area contributed by atoms with E-state index in [1.165, 1.54) is 16.7 Å². The van der Waals surface area contributed by atoms with Gasteiger partial charge in [0, 0.05) is 0 Å². The number of benzene rings is 1. The molecule has 1 unspecified atom stereocenters. The quantitative estimate of drug-likeness (QED) is 0.741. The summed E-state index contributed by atoms with van der Waals surface area (Å²) in [6.07, 6.45) is 1.23. The lowest BCUT2D eigenvalue weighted by Crippen LogP contribution is -2.25. The molecule has 1 heterocycles. The third-order valence-corrected chi connectivity index (χ3v) is 3.21. The van der Waals surface area contributed by atoms with E-state index in [1.807, 2.05) is 18.2 Å².